The van der Waals surface area contributed by atoms with Crippen molar-refractivity contribution >= 4 is 11.7 Å². The van der Waals surface area contributed by atoms with E-state index < -0.39 is 10.9 Å². The van der Waals surface area contributed by atoms with Crippen LogP contribution in [0, 0.1) is 17.0 Å². The zero-order valence-corrected chi connectivity index (χ0v) is 12.9. The Kier molecular flexibility index (Phi) is 6.12. The summed E-state index contributed by atoms with van der Waals surface area (Å²) in [5.41, 5.74) is 1.88. The van der Waals surface area contributed by atoms with Crippen molar-refractivity contribution < 1.29 is 14.5 Å². The summed E-state index contributed by atoms with van der Waals surface area (Å²) in [4.78, 5) is 29.6. The van der Waals surface area contributed by atoms with Crippen LogP contribution in [0.25, 0.3) is 11.3 Å². The third-order valence-electron chi connectivity index (χ3n) is 2.74. The highest BCUT2D eigenvalue weighted by Gasteiger charge is 2.13. The molecule has 2 heterocycles. The van der Waals surface area contributed by atoms with E-state index >= 15 is 0 Å². The van der Waals surface area contributed by atoms with Gasteiger partial charge in [0.1, 0.15) is 6.20 Å². The molecule has 2 aromatic rings. The lowest BCUT2D eigenvalue weighted by molar-refractivity contribution is -0.385. The molecule has 2 rings (SSSR count). The van der Waals surface area contributed by atoms with Crippen molar-refractivity contribution in [3.8, 4) is 11.3 Å². The van der Waals surface area contributed by atoms with E-state index in [0.717, 1.165) is 0 Å². The van der Waals surface area contributed by atoms with Crippen LogP contribution in [0.5, 0.6) is 0 Å². The van der Waals surface area contributed by atoms with Crippen LogP contribution in [-0.2, 0) is 4.74 Å². The third-order valence-corrected chi connectivity index (χ3v) is 2.74. The lowest BCUT2D eigenvalue weighted by Crippen LogP contribution is -2.02. The maximum absolute atomic E-state index is 11.3. The molecule has 0 saturated heterocycles. The number of hydrogen-bond donors (Lipinski definition) is 0. The second kappa shape index (κ2) is 7.82. The molecule has 0 amide bonds. The first kappa shape index (κ1) is 17.2. The largest absolute Gasteiger partial charge is 0.465 e. The monoisotopic (exact) mass is 303 g/mol. The van der Waals surface area contributed by atoms with E-state index in [1.54, 1.807) is 19.1 Å². The minimum atomic E-state index is -0.515. The fourth-order valence-corrected chi connectivity index (χ4v) is 1.67. The Labute approximate surface area is 128 Å². The van der Waals surface area contributed by atoms with E-state index in [2.05, 4.69) is 14.7 Å². The smallest absolute Gasteiger partial charge is 0.339 e. The van der Waals surface area contributed by atoms with E-state index in [1.807, 2.05) is 13.8 Å². The van der Waals surface area contributed by atoms with Gasteiger partial charge in [-0.25, -0.2) is 4.79 Å². The molecule has 7 nitrogen and oxygen atoms in total. The zero-order valence-electron chi connectivity index (χ0n) is 12.9. The number of ether oxygens (including phenoxy) is 1. The van der Waals surface area contributed by atoms with Gasteiger partial charge < -0.3 is 4.74 Å². The van der Waals surface area contributed by atoms with Crippen molar-refractivity contribution in [3.63, 3.8) is 0 Å². The van der Waals surface area contributed by atoms with Gasteiger partial charge in [-0.3, -0.25) is 20.1 Å². The fourth-order valence-electron chi connectivity index (χ4n) is 1.67. The van der Waals surface area contributed by atoms with Crippen molar-refractivity contribution in [3.05, 3.63) is 52.0 Å². The minimum absolute atomic E-state index is 0.107. The van der Waals surface area contributed by atoms with Gasteiger partial charge in [-0.2, -0.15) is 0 Å². The molecule has 116 valence electrons. The average molecular weight is 303 g/mol. The highest BCUT2D eigenvalue weighted by atomic mass is 16.6. The number of nitrogens with zero attached hydrogens (tertiary/aromatic N) is 3. The van der Waals surface area contributed by atoms with Gasteiger partial charge in [0.2, 0.25) is 0 Å². The highest BCUT2D eigenvalue weighted by molar-refractivity contribution is 5.89. The molecule has 22 heavy (non-hydrogen) atoms. The number of methoxy groups -OCH3 is 1. The Bertz CT molecular complexity index is 669. The molecule has 0 aliphatic carbocycles. The van der Waals surface area contributed by atoms with Crippen LogP contribution in [0.3, 0.4) is 0 Å². The number of esters is 1. The van der Waals surface area contributed by atoms with E-state index in [1.165, 1.54) is 25.6 Å². The lowest BCUT2D eigenvalue weighted by Gasteiger charge is -2.05. The summed E-state index contributed by atoms with van der Waals surface area (Å²) < 4.78 is 4.58. The van der Waals surface area contributed by atoms with E-state index in [4.69, 9.17) is 0 Å². The molecule has 0 aromatic carbocycles. The first-order valence-electron chi connectivity index (χ1n) is 6.68. The van der Waals surface area contributed by atoms with Crippen LogP contribution >= 0.6 is 0 Å². The van der Waals surface area contributed by atoms with Gasteiger partial charge in [-0.15, -0.1) is 0 Å². The van der Waals surface area contributed by atoms with Crippen molar-refractivity contribution in [1.29, 1.82) is 0 Å². The fraction of sp³-hybridized carbons (Fsp3) is 0.267. The molecule has 0 bridgehead atoms. The number of rotatable bonds is 3. The van der Waals surface area contributed by atoms with Crippen LogP contribution in [0.4, 0.5) is 5.69 Å². The maximum atomic E-state index is 11.3. The number of aromatic nitrogens is 2. The molecule has 0 radical (unpaired) electrons. The van der Waals surface area contributed by atoms with Crippen molar-refractivity contribution in [1.82, 2.24) is 9.97 Å². The molecular weight excluding hydrogens is 286 g/mol. The summed E-state index contributed by atoms with van der Waals surface area (Å²) in [6, 6.07) is 4.55. The van der Waals surface area contributed by atoms with Gasteiger partial charge in [0.15, 0.2) is 0 Å². The number of aryl methyl sites for hydroxylation is 1. The highest BCUT2D eigenvalue weighted by Crippen LogP contribution is 2.24. The first-order valence-corrected chi connectivity index (χ1v) is 6.68. The summed E-state index contributed by atoms with van der Waals surface area (Å²) >= 11 is 0. The van der Waals surface area contributed by atoms with Gasteiger partial charge in [-0.1, -0.05) is 13.8 Å². The van der Waals surface area contributed by atoms with Gasteiger partial charge in [-0.05, 0) is 19.1 Å². The second-order valence-electron chi connectivity index (χ2n) is 4.01. The molecule has 0 atom stereocenters. The van der Waals surface area contributed by atoms with E-state index in [0.29, 0.717) is 22.5 Å². The Morgan fingerprint density at radius 1 is 1.23 bits per heavy atom. The number of hydrogen-bond acceptors (Lipinski definition) is 6. The SMILES string of the molecule is CC.COC(=O)c1ccc(-c2cc([N+](=O)[O-])cnc2C)nc1. The van der Waals surface area contributed by atoms with Crippen LogP contribution in [0.1, 0.15) is 29.9 Å². The quantitative estimate of drug-likeness (QED) is 0.491. The molecular formula is C15H17N3O4. The minimum Gasteiger partial charge on any atom is -0.465 e. The Morgan fingerprint density at radius 2 is 1.91 bits per heavy atom. The molecule has 0 fully saturated rings. The van der Waals surface area contributed by atoms with Crippen molar-refractivity contribution in [2.45, 2.75) is 20.8 Å². The van der Waals surface area contributed by atoms with Crippen LogP contribution in [0.15, 0.2) is 30.6 Å². The Morgan fingerprint density at radius 3 is 2.41 bits per heavy atom. The predicted octanol–water partition coefficient (Wildman–Crippen LogP) is 3.17. The molecule has 0 unspecified atom stereocenters. The molecule has 0 saturated carbocycles. The van der Waals surface area contributed by atoms with Crippen molar-refractivity contribution in [2.24, 2.45) is 0 Å². The molecule has 2 aromatic heterocycles. The summed E-state index contributed by atoms with van der Waals surface area (Å²) in [5.74, 6) is -0.488. The second-order valence-corrected chi connectivity index (χ2v) is 4.01. The van der Waals surface area contributed by atoms with Gasteiger partial charge >= 0.3 is 5.97 Å². The van der Waals surface area contributed by atoms with Gasteiger partial charge in [0, 0.05) is 23.5 Å². The van der Waals surface area contributed by atoms with Crippen LogP contribution in [-0.4, -0.2) is 28.0 Å². The van der Waals surface area contributed by atoms with Crippen LogP contribution < -0.4 is 0 Å². The maximum Gasteiger partial charge on any atom is 0.339 e. The topological polar surface area (TPSA) is 95.2 Å². The number of nitro groups is 1. The number of pyridine rings is 2. The molecule has 0 spiro atoms. The van der Waals surface area contributed by atoms with Crippen LogP contribution in [0.2, 0.25) is 0 Å². The number of carbonyl (C=O) groups is 1. The molecule has 7 heteroatoms. The normalized spacial score (nSPS) is 9.45. The van der Waals surface area contributed by atoms with Gasteiger partial charge in [0.05, 0.1) is 23.3 Å². The molecule has 0 aliphatic rings. The zero-order chi connectivity index (χ0) is 16.7. The third kappa shape index (κ3) is 3.85. The summed E-state index contributed by atoms with van der Waals surface area (Å²) in [6.07, 6.45) is 2.56. The number of carbonyl (C=O) groups excluding carboxylic acids is 1. The van der Waals surface area contributed by atoms with E-state index in [-0.39, 0.29) is 5.69 Å². The Balaban J connectivity index is 0.00000116. The predicted molar refractivity (Wildman–Crippen MR) is 81.5 cm³/mol. The van der Waals surface area contributed by atoms with E-state index in [9.17, 15) is 14.9 Å². The summed E-state index contributed by atoms with van der Waals surface area (Å²) in [7, 11) is 1.28. The summed E-state index contributed by atoms with van der Waals surface area (Å²) in [6.45, 7) is 5.73. The first-order chi connectivity index (χ1) is 10.5. The average Bonchev–Trinajstić information content (AvgIpc) is 2.56. The summed E-state index contributed by atoms with van der Waals surface area (Å²) in [5, 5.41) is 10.8. The lowest BCUT2D eigenvalue weighted by atomic mass is 10.1. The molecule has 0 aliphatic heterocycles. The molecule has 0 N–H and O–H groups in total. The van der Waals surface area contributed by atoms with Gasteiger partial charge in [0.25, 0.3) is 5.69 Å². The Hall–Kier alpha value is -2.83. The standard InChI is InChI=1S/C13H11N3O4.C2H6/c1-8-11(5-10(7-14-8)16(18)19)12-4-3-9(6-15-12)13(17)20-2;1-2/h3-7H,1-2H3;1-2H3. The van der Waals surface area contributed by atoms with Crippen molar-refractivity contribution in [2.75, 3.05) is 7.11 Å².